The molecular formula is C17H22O2. The van der Waals surface area contributed by atoms with Crippen LogP contribution in [0.2, 0.25) is 0 Å². The molecule has 0 aliphatic heterocycles. The normalized spacial score (nSPS) is 12.6. The predicted octanol–water partition coefficient (Wildman–Crippen LogP) is 4.27. The van der Waals surface area contributed by atoms with Gasteiger partial charge in [0.15, 0.2) is 0 Å². The van der Waals surface area contributed by atoms with Crippen LogP contribution in [0.3, 0.4) is 0 Å². The van der Waals surface area contributed by atoms with E-state index in [2.05, 4.69) is 19.1 Å². The van der Waals surface area contributed by atoms with E-state index in [4.69, 9.17) is 4.42 Å². The van der Waals surface area contributed by atoms with Gasteiger partial charge in [0.2, 0.25) is 0 Å². The lowest BCUT2D eigenvalue weighted by atomic mass is 9.99. The molecule has 2 aromatic rings. The van der Waals surface area contributed by atoms with E-state index >= 15 is 0 Å². The molecule has 0 spiro atoms. The van der Waals surface area contributed by atoms with Gasteiger partial charge in [0.1, 0.15) is 11.9 Å². The Bertz CT molecular complexity index is 496. The molecule has 19 heavy (non-hydrogen) atoms. The van der Waals surface area contributed by atoms with Crippen molar-refractivity contribution in [2.45, 2.75) is 45.6 Å². The Hall–Kier alpha value is -1.54. The van der Waals surface area contributed by atoms with Crippen molar-refractivity contribution in [3.8, 4) is 0 Å². The first-order valence-corrected chi connectivity index (χ1v) is 7.09. The number of aliphatic hydroxyl groups excluding tert-OH is 1. The lowest BCUT2D eigenvalue weighted by molar-refractivity contribution is 0.217. The molecule has 0 saturated heterocycles. The fourth-order valence-corrected chi connectivity index (χ4v) is 2.31. The van der Waals surface area contributed by atoms with E-state index < -0.39 is 6.10 Å². The minimum absolute atomic E-state index is 0.589. The highest BCUT2D eigenvalue weighted by Gasteiger charge is 2.16. The monoisotopic (exact) mass is 258 g/mol. The first kappa shape index (κ1) is 13.9. The lowest BCUT2D eigenvalue weighted by Gasteiger charge is -2.11. The summed E-state index contributed by atoms with van der Waals surface area (Å²) in [4.78, 5) is 0. The molecule has 2 nitrogen and oxygen atoms in total. The molecule has 0 radical (unpaired) electrons. The van der Waals surface area contributed by atoms with Gasteiger partial charge >= 0.3 is 0 Å². The highest BCUT2D eigenvalue weighted by molar-refractivity contribution is 5.33. The van der Waals surface area contributed by atoms with Gasteiger partial charge in [-0.1, -0.05) is 44.5 Å². The molecule has 1 atom stereocenters. The van der Waals surface area contributed by atoms with Gasteiger partial charge in [0.05, 0.1) is 6.26 Å². The molecular weight excluding hydrogens is 236 g/mol. The Morgan fingerprint density at radius 2 is 1.84 bits per heavy atom. The molecule has 102 valence electrons. The van der Waals surface area contributed by atoms with Crippen molar-refractivity contribution in [1.29, 1.82) is 0 Å². The van der Waals surface area contributed by atoms with Crippen molar-refractivity contribution in [2.75, 3.05) is 0 Å². The van der Waals surface area contributed by atoms with Crippen LogP contribution in [0.5, 0.6) is 0 Å². The second-order valence-electron chi connectivity index (χ2n) is 4.90. The maximum atomic E-state index is 10.4. The van der Waals surface area contributed by atoms with Gasteiger partial charge in [-0.3, -0.25) is 0 Å². The summed E-state index contributed by atoms with van der Waals surface area (Å²) in [5, 5.41) is 10.4. The average Bonchev–Trinajstić information content (AvgIpc) is 2.93. The van der Waals surface area contributed by atoms with E-state index in [0.29, 0.717) is 0 Å². The predicted molar refractivity (Wildman–Crippen MR) is 77.2 cm³/mol. The van der Waals surface area contributed by atoms with E-state index in [1.54, 1.807) is 6.26 Å². The molecule has 2 heteroatoms. The van der Waals surface area contributed by atoms with E-state index in [-0.39, 0.29) is 0 Å². The SMILES string of the molecule is CCCCc1ccc(C(O)c2ccoc2CC)cc1. The van der Waals surface area contributed by atoms with Crippen molar-refractivity contribution in [2.24, 2.45) is 0 Å². The molecule has 1 aromatic carbocycles. The van der Waals surface area contributed by atoms with Crippen LogP contribution in [0.1, 0.15) is 55.2 Å². The minimum atomic E-state index is -0.589. The zero-order valence-electron chi connectivity index (χ0n) is 11.7. The van der Waals surface area contributed by atoms with Crippen LogP contribution in [-0.4, -0.2) is 5.11 Å². The molecule has 0 fully saturated rings. The average molecular weight is 258 g/mol. The van der Waals surface area contributed by atoms with Crippen LogP contribution in [0.4, 0.5) is 0 Å². The summed E-state index contributed by atoms with van der Waals surface area (Å²) in [6.07, 6.45) is 5.39. The van der Waals surface area contributed by atoms with Gasteiger partial charge in [-0.2, -0.15) is 0 Å². The first-order chi connectivity index (χ1) is 9.26. The smallest absolute Gasteiger partial charge is 0.109 e. The molecule has 1 heterocycles. The highest BCUT2D eigenvalue weighted by Crippen LogP contribution is 2.26. The molecule has 0 aliphatic carbocycles. The number of benzene rings is 1. The van der Waals surface area contributed by atoms with Gasteiger partial charge in [-0.25, -0.2) is 0 Å². The fraction of sp³-hybridized carbons (Fsp3) is 0.412. The fourth-order valence-electron chi connectivity index (χ4n) is 2.31. The van der Waals surface area contributed by atoms with Crippen LogP contribution in [0, 0.1) is 0 Å². The number of furan rings is 1. The standard InChI is InChI=1S/C17H22O2/c1-3-5-6-13-7-9-14(10-8-13)17(18)15-11-12-19-16(15)4-2/h7-12,17-18H,3-6H2,1-2H3. The van der Waals surface area contributed by atoms with Crippen LogP contribution in [-0.2, 0) is 12.8 Å². The van der Waals surface area contributed by atoms with Crippen molar-refractivity contribution in [3.63, 3.8) is 0 Å². The van der Waals surface area contributed by atoms with E-state index in [0.717, 1.165) is 29.7 Å². The van der Waals surface area contributed by atoms with E-state index in [1.165, 1.54) is 18.4 Å². The maximum Gasteiger partial charge on any atom is 0.109 e. The van der Waals surface area contributed by atoms with Crippen molar-refractivity contribution >= 4 is 0 Å². The van der Waals surface area contributed by atoms with Crippen LogP contribution >= 0.6 is 0 Å². The largest absolute Gasteiger partial charge is 0.469 e. The Morgan fingerprint density at radius 3 is 2.47 bits per heavy atom. The summed E-state index contributed by atoms with van der Waals surface area (Å²) in [5.74, 6) is 0.863. The third-order valence-corrected chi connectivity index (χ3v) is 3.51. The zero-order chi connectivity index (χ0) is 13.7. The Balaban J connectivity index is 2.13. The number of unbranched alkanes of at least 4 members (excludes halogenated alkanes) is 1. The van der Waals surface area contributed by atoms with E-state index in [9.17, 15) is 5.11 Å². The Labute approximate surface area is 115 Å². The third-order valence-electron chi connectivity index (χ3n) is 3.51. The lowest BCUT2D eigenvalue weighted by Crippen LogP contribution is -2.01. The number of hydrogen-bond donors (Lipinski definition) is 1. The van der Waals surface area contributed by atoms with Gasteiger partial charge in [-0.15, -0.1) is 0 Å². The summed E-state index contributed by atoms with van der Waals surface area (Å²) in [5.41, 5.74) is 3.14. The number of aryl methyl sites for hydroxylation is 2. The summed E-state index contributed by atoms with van der Waals surface area (Å²) in [6, 6.07) is 10.1. The Kier molecular flexibility index (Phi) is 4.80. The number of hydrogen-bond acceptors (Lipinski definition) is 2. The van der Waals surface area contributed by atoms with Crippen molar-refractivity contribution in [3.05, 3.63) is 59.0 Å². The van der Waals surface area contributed by atoms with Crippen LogP contribution < -0.4 is 0 Å². The van der Waals surface area contributed by atoms with E-state index in [1.807, 2.05) is 25.1 Å². The zero-order valence-corrected chi connectivity index (χ0v) is 11.7. The quantitative estimate of drug-likeness (QED) is 0.839. The molecule has 1 unspecified atom stereocenters. The highest BCUT2D eigenvalue weighted by atomic mass is 16.3. The Morgan fingerprint density at radius 1 is 1.11 bits per heavy atom. The second-order valence-corrected chi connectivity index (χ2v) is 4.90. The molecule has 0 aliphatic rings. The van der Waals surface area contributed by atoms with Gasteiger partial charge in [-0.05, 0) is 30.0 Å². The third kappa shape index (κ3) is 3.27. The topological polar surface area (TPSA) is 33.4 Å². The molecule has 2 rings (SSSR count). The summed E-state index contributed by atoms with van der Waals surface area (Å²) in [7, 11) is 0. The van der Waals surface area contributed by atoms with Crippen molar-refractivity contribution in [1.82, 2.24) is 0 Å². The minimum Gasteiger partial charge on any atom is -0.469 e. The number of aliphatic hydroxyl groups is 1. The van der Waals surface area contributed by atoms with Gasteiger partial charge in [0, 0.05) is 12.0 Å². The summed E-state index contributed by atoms with van der Waals surface area (Å²) < 4.78 is 5.37. The van der Waals surface area contributed by atoms with Crippen LogP contribution in [0.15, 0.2) is 41.0 Å². The van der Waals surface area contributed by atoms with Crippen molar-refractivity contribution < 1.29 is 9.52 Å². The first-order valence-electron chi connectivity index (χ1n) is 7.09. The van der Waals surface area contributed by atoms with Crippen LogP contribution in [0.25, 0.3) is 0 Å². The molecule has 0 bridgehead atoms. The molecule has 1 N–H and O–H groups in total. The summed E-state index contributed by atoms with van der Waals surface area (Å²) >= 11 is 0. The number of rotatable bonds is 6. The molecule has 1 aromatic heterocycles. The summed E-state index contributed by atoms with van der Waals surface area (Å²) in [6.45, 7) is 4.23. The maximum absolute atomic E-state index is 10.4. The second kappa shape index (κ2) is 6.58. The molecule has 0 saturated carbocycles. The van der Waals surface area contributed by atoms with Gasteiger partial charge < -0.3 is 9.52 Å². The van der Waals surface area contributed by atoms with Gasteiger partial charge in [0.25, 0.3) is 0 Å². The molecule has 0 amide bonds.